The van der Waals surface area contributed by atoms with Crippen molar-refractivity contribution in [2.75, 3.05) is 5.32 Å². The topological polar surface area (TPSA) is 88.2 Å². The molecule has 1 aliphatic carbocycles. The predicted octanol–water partition coefficient (Wildman–Crippen LogP) is 2.65. The van der Waals surface area contributed by atoms with Crippen LogP contribution < -0.4 is 11.1 Å². The molecule has 2 aliphatic rings. The number of nitrogens with one attached hydrogen (secondary N) is 2. The number of fused-ring (bicyclic) bond motifs is 2. The van der Waals surface area contributed by atoms with Crippen LogP contribution in [0.5, 0.6) is 0 Å². The molecule has 1 saturated carbocycles. The fourth-order valence-electron chi connectivity index (χ4n) is 3.43. The van der Waals surface area contributed by atoms with Gasteiger partial charge in [-0.05, 0) is 61.8 Å². The van der Waals surface area contributed by atoms with Crippen LogP contribution in [0.4, 0.5) is 5.69 Å². The smallest absolute Gasteiger partial charge is 0.338 e. The van der Waals surface area contributed by atoms with Gasteiger partial charge in [0, 0.05) is 5.69 Å². The van der Waals surface area contributed by atoms with E-state index < -0.39 is 0 Å². The third kappa shape index (κ3) is 3.01. The molecule has 0 saturated heterocycles. The van der Waals surface area contributed by atoms with Gasteiger partial charge in [-0.2, -0.15) is 0 Å². The van der Waals surface area contributed by atoms with Gasteiger partial charge in [0.1, 0.15) is 6.10 Å². The summed E-state index contributed by atoms with van der Waals surface area (Å²) in [6.45, 7) is 0. The standard InChI is InChI=1S/C16H21N3O2/c17-16(18)19-12-7-8-13-11(9-12)6-5-10-3-1-2-4-14(10)21-15(13)20/h7-10,14H,1-6H2,(H4,17,18,19). The Kier molecular flexibility index (Phi) is 3.82. The molecular formula is C16H21N3O2. The van der Waals surface area contributed by atoms with Gasteiger partial charge in [-0.1, -0.05) is 6.42 Å². The zero-order chi connectivity index (χ0) is 14.8. The SMILES string of the molecule is N=C(N)Nc1ccc2c(c1)CCC1CCCCC1OC2=O. The Morgan fingerprint density at radius 1 is 1.29 bits per heavy atom. The highest BCUT2D eigenvalue weighted by molar-refractivity contribution is 5.94. The fraction of sp³-hybridized carbons (Fsp3) is 0.500. The Bertz CT molecular complexity index is 571. The van der Waals surface area contributed by atoms with Crippen LogP contribution in [0.2, 0.25) is 0 Å². The number of hydrogen-bond donors (Lipinski definition) is 3. The van der Waals surface area contributed by atoms with E-state index in [0.29, 0.717) is 11.5 Å². The number of carbonyl (C=O) groups is 1. The number of hydrogen-bond acceptors (Lipinski definition) is 3. The normalized spacial score (nSPS) is 24.9. The van der Waals surface area contributed by atoms with Gasteiger partial charge in [-0.3, -0.25) is 5.41 Å². The third-order valence-corrected chi connectivity index (χ3v) is 4.49. The maximum Gasteiger partial charge on any atom is 0.338 e. The largest absolute Gasteiger partial charge is 0.458 e. The van der Waals surface area contributed by atoms with Crippen molar-refractivity contribution in [1.29, 1.82) is 5.41 Å². The molecule has 3 rings (SSSR count). The van der Waals surface area contributed by atoms with Crippen molar-refractivity contribution in [3.05, 3.63) is 29.3 Å². The lowest BCUT2D eigenvalue weighted by atomic mass is 9.81. The number of guanidine groups is 1. The lowest BCUT2D eigenvalue weighted by molar-refractivity contribution is -0.00210. The first kappa shape index (κ1) is 13.9. The summed E-state index contributed by atoms with van der Waals surface area (Å²) in [5.74, 6) is 0.173. The van der Waals surface area contributed by atoms with Crippen molar-refractivity contribution in [3.63, 3.8) is 0 Å². The van der Waals surface area contributed by atoms with E-state index in [2.05, 4.69) is 5.32 Å². The first-order valence-electron chi connectivity index (χ1n) is 7.58. The molecule has 112 valence electrons. The van der Waals surface area contributed by atoms with Crippen molar-refractivity contribution in [2.24, 2.45) is 11.7 Å². The van der Waals surface area contributed by atoms with Crippen molar-refractivity contribution in [3.8, 4) is 0 Å². The molecule has 0 aromatic heterocycles. The molecule has 5 nitrogen and oxygen atoms in total. The van der Waals surface area contributed by atoms with E-state index in [4.69, 9.17) is 15.9 Å². The third-order valence-electron chi connectivity index (χ3n) is 4.49. The summed E-state index contributed by atoms with van der Waals surface area (Å²) in [7, 11) is 0. The monoisotopic (exact) mass is 287 g/mol. The zero-order valence-electron chi connectivity index (χ0n) is 12.0. The highest BCUT2D eigenvalue weighted by Crippen LogP contribution is 2.34. The van der Waals surface area contributed by atoms with Crippen molar-refractivity contribution >= 4 is 17.6 Å². The number of aryl methyl sites for hydroxylation is 1. The van der Waals surface area contributed by atoms with Gasteiger partial charge in [-0.15, -0.1) is 0 Å². The number of rotatable bonds is 1. The Morgan fingerprint density at radius 2 is 2.10 bits per heavy atom. The van der Waals surface area contributed by atoms with Crippen LogP contribution in [0.1, 0.15) is 48.0 Å². The van der Waals surface area contributed by atoms with E-state index in [-0.39, 0.29) is 18.0 Å². The molecule has 21 heavy (non-hydrogen) atoms. The average molecular weight is 287 g/mol. The molecule has 0 amide bonds. The summed E-state index contributed by atoms with van der Waals surface area (Å²) >= 11 is 0. The minimum absolute atomic E-state index is 0.0921. The second kappa shape index (κ2) is 5.76. The Morgan fingerprint density at radius 3 is 2.90 bits per heavy atom. The summed E-state index contributed by atoms with van der Waals surface area (Å²) in [4.78, 5) is 12.3. The highest BCUT2D eigenvalue weighted by atomic mass is 16.5. The summed E-state index contributed by atoms with van der Waals surface area (Å²) in [5.41, 5.74) is 7.73. The van der Waals surface area contributed by atoms with Gasteiger partial charge >= 0.3 is 5.97 Å². The number of esters is 1. The first-order chi connectivity index (χ1) is 10.1. The van der Waals surface area contributed by atoms with Crippen molar-refractivity contribution in [1.82, 2.24) is 0 Å². The maximum atomic E-state index is 12.3. The lowest BCUT2D eigenvalue weighted by Crippen LogP contribution is -2.32. The maximum absolute atomic E-state index is 12.3. The van der Waals surface area contributed by atoms with Gasteiger partial charge in [0.2, 0.25) is 0 Å². The summed E-state index contributed by atoms with van der Waals surface area (Å²) < 4.78 is 5.72. The zero-order valence-corrected chi connectivity index (χ0v) is 12.0. The van der Waals surface area contributed by atoms with Crippen LogP contribution in [-0.2, 0) is 11.2 Å². The van der Waals surface area contributed by atoms with Crippen LogP contribution in [0, 0.1) is 11.3 Å². The Hall–Kier alpha value is -2.04. The van der Waals surface area contributed by atoms with Gasteiger partial charge in [0.05, 0.1) is 5.56 Å². The molecule has 0 spiro atoms. The van der Waals surface area contributed by atoms with E-state index in [9.17, 15) is 4.79 Å². The minimum atomic E-state index is -0.212. The second-order valence-electron chi connectivity index (χ2n) is 5.94. The van der Waals surface area contributed by atoms with Crippen LogP contribution in [0.3, 0.4) is 0 Å². The van der Waals surface area contributed by atoms with E-state index in [1.807, 2.05) is 6.07 Å². The van der Waals surface area contributed by atoms with E-state index in [1.165, 1.54) is 6.42 Å². The number of carbonyl (C=O) groups excluding carboxylic acids is 1. The average Bonchev–Trinajstić information content (AvgIpc) is 2.44. The van der Waals surface area contributed by atoms with Gasteiger partial charge in [-0.25, -0.2) is 4.79 Å². The van der Waals surface area contributed by atoms with Gasteiger partial charge in [0.25, 0.3) is 0 Å². The molecule has 2 unspecified atom stereocenters. The van der Waals surface area contributed by atoms with Crippen molar-refractivity contribution in [2.45, 2.75) is 44.6 Å². The molecule has 1 fully saturated rings. The quantitative estimate of drug-likeness (QED) is 0.421. The fourth-order valence-corrected chi connectivity index (χ4v) is 3.43. The molecule has 5 heteroatoms. The molecule has 1 heterocycles. The number of ether oxygens (including phenoxy) is 1. The Balaban J connectivity index is 1.87. The second-order valence-corrected chi connectivity index (χ2v) is 5.94. The predicted molar refractivity (Wildman–Crippen MR) is 81.5 cm³/mol. The Labute approximate surface area is 124 Å². The molecule has 4 N–H and O–H groups in total. The molecule has 1 aromatic carbocycles. The molecule has 0 radical (unpaired) electrons. The van der Waals surface area contributed by atoms with Gasteiger partial charge in [0.15, 0.2) is 5.96 Å². The number of anilines is 1. The van der Waals surface area contributed by atoms with E-state index in [1.54, 1.807) is 12.1 Å². The lowest BCUT2D eigenvalue weighted by Gasteiger charge is -2.33. The minimum Gasteiger partial charge on any atom is -0.458 e. The number of nitrogens with two attached hydrogens (primary N) is 1. The van der Waals surface area contributed by atoms with Crippen LogP contribution >= 0.6 is 0 Å². The van der Waals surface area contributed by atoms with Crippen LogP contribution in [-0.4, -0.2) is 18.0 Å². The molecule has 1 aromatic rings. The highest BCUT2D eigenvalue weighted by Gasteiger charge is 2.31. The van der Waals surface area contributed by atoms with Crippen LogP contribution in [0.15, 0.2) is 18.2 Å². The molecular weight excluding hydrogens is 266 g/mol. The number of benzene rings is 1. The van der Waals surface area contributed by atoms with E-state index >= 15 is 0 Å². The van der Waals surface area contributed by atoms with E-state index in [0.717, 1.165) is 43.4 Å². The summed E-state index contributed by atoms with van der Waals surface area (Å²) in [5, 5.41) is 10.1. The summed E-state index contributed by atoms with van der Waals surface area (Å²) in [6.07, 6.45) is 6.55. The van der Waals surface area contributed by atoms with Crippen molar-refractivity contribution < 1.29 is 9.53 Å². The summed E-state index contributed by atoms with van der Waals surface area (Å²) in [6, 6.07) is 5.44. The van der Waals surface area contributed by atoms with Gasteiger partial charge < -0.3 is 15.8 Å². The molecule has 0 bridgehead atoms. The molecule has 1 aliphatic heterocycles. The molecule has 2 atom stereocenters. The first-order valence-corrected chi connectivity index (χ1v) is 7.58. The van der Waals surface area contributed by atoms with Crippen LogP contribution in [0.25, 0.3) is 0 Å².